The zero-order chi connectivity index (χ0) is 21.3. The van der Waals surface area contributed by atoms with Gasteiger partial charge in [0.1, 0.15) is 24.8 Å². The smallest absolute Gasteiger partial charge is 0.295 e. The molecule has 0 spiro atoms. The molecule has 2 heterocycles. The Kier molecular flexibility index (Phi) is 5.41. The fraction of sp³-hybridized carbons (Fsp3) is 0.273. The van der Waals surface area contributed by atoms with Crippen molar-refractivity contribution in [2.45, 2.75) is 6.04 Å². The molecule has 0 saturated carbocycles. The van der Waals surface area contributed by atoms with Crippen LogP contribution in [0.25, 0.3) is 5.76 Å². The van der Waals surface area contributed by atoms with Gasteiger partial charge >= 0.3 is 0 Å². The summed E-state index contributed by atoms with van der Waals surface area (Å²) >= 11 is 0. The highest BCUT2D eigenvalue weighted by atomic mass is 19.1. The molecule has 7 nitrogen and oxygen atoms in total. The summed E-state index contributed by atoms with van der Waals surface area (Å²) in [6, 6.07) is 9.39. The summed E-state index contributed by atoms with van der Waals surface area (Å²) in [6.07, 6.45) is 0. The van der Waals surface area contributed by atoms with Crippen molar-refractivity contribution in [1.29, 1.82) is 0 Å². The first-order valence-corrected chi connectivity index (χ1v) is 9.44. The monoisotopic (exact) mass is 413 g/mol. The van der Waals surface area contributed by atoms with Crippen molar-refractivity contribution < 1.29 is 33.3 Å². The van der Waals surface area contributed by atoms with Crippen LogP contribution in [0.1, 0.15) is 17.2 Å². The van der Waals surface area contributed by atoms with Crippen LogP contribution in [-0.2, 0) is 14.3 Å². The fourth-order valence-corrected chi connectivity index (χ4v) is 3.64. The number of Topliss-reactive ketones (excluding diaryl/α,β-unsaturated/α-hetero) is 1. The van der Waals surface area contributed by atoms with Gasteiger partial charge in [-0.05, 0) is 35.9 Å². The van der Waals surface area contributed by atoms with Crippen LogP contribution >= 0.6 is 0 Å². The van der Waals surface area contributed by atoms with Gasteiger partial charge in [-0.2, -0.15) is 0 Å². The number of methoxy groups -OCH3 is 1. The summed E-state index contributed by atoms with van der Waals surface area (Å²) in [7, 11) is 1.48. The Bertz CT molecular complexity index is 1020. The van der Waals surface area contributed by atoms with Crippen LogP contribution in [0.5, 0.6) is 11.5 Å². The predicted molar refractivity (Wildman–Crippen MR) is 105 cm³/mol. The molecule has 2 aromatic rings. The standard InChI is InChI=1S/C22H20FNO6/c1-28-9-8-24-19(13-2-5-15(23)6-3-13)18(21(26)22(24)27)20(25)14-4-7-16-17(12-14)30-11-10-29-16/h2-7,12,19,25H,8-11H2,1H3/b20-18+. The topological polar surface area (TPSA) is 85.3 Å². The number of amides is 1. The van der Waals surface area contributed by atoms with Crippen molar-refractivity contribution in [3.8, 4) is 11.5 Å². The lowest BCUT2D eigenvalue weighted by molar-refractivity contribution is -0.140. The summed E-state index contributed by atoms with van der Waals surface area (Å²) in [4.78, 5) is 26.9. The van der Waals surface area contributed by atoms with Crippen LogP contribution in [0.3, 0.4) is 0 Å². The third-order valence-electron chi connectivity index (χ3n) is 5.08. The Hall–Kier alpha value is -3.39. The predicted octanol–water partition coefficient (Wildman–Crippen LogP) is 2.67. The van der Waals surface area contributed by atoms with Crippen LogP contribution in [0, 0.1) is 5.82 Å². The van der Waals surface area contributed by atoms with Gasteiger partial charge in [0.25, 0.3) is 11.7 Å². The molecule has 0 aromatic heterocycles. The second-order valence-electron chi connectivity index (χ2n) is 6.90. The van der Waals surface area contributed by atoms with Crippen molar-refractivity contribution in [2.75, 3.05) is 33.5 Å². The third-order valence-corrected chi connectivity index (χ3v) is 5.08. The Labute approximate surface area is 172 Å². The number of likely N-dealkylation sites (tertiary alicyclic amines) is 1. The maximum atomic E-state index is 13.5. The number of aliphatic hydroxyl groups is 1. The van der Waals surface area contributed by atoms with Crippen LogP contribution in [0.4, 0.5) is 4.39 Å². The number of rotatable bonds is 5. The van der Waals surface area contributed by atoms with Crippen LogP contribution in [-0.4, -0.2) is 55.2 Å². The lowest BCUT2D eigenvalue weighted by Crippen LogP contribution is -2.32. The number of benzene rings is 2. The minimum atomic E-state index is -0.867. The summed E-state index contributed by atoms with van der Waals surface area (Å²) in [5, 5.41) is 11.0. The van der Waals surface area contributed by atoms with Gasteiger partial charge in [-0.25, -0.2) is 4.39 Å². The SMILES string of the molecule is COCCN1C(=O)C(=O)/C(=C(/O)c2ccc3c(c2)OCCO3)C1c1ccc(F)cc1. The van der Waals surface area contributed by atoms with E-state index in [4.69, 9.17) is 14.2 Å². The second-order valence-corrected chi connectivity index (χ2v) is 6.90. The number of carbonyl (C=O) groups is 2. The Morgan fingerprint density at radius 3 is 2.53 bits per heavy atom. The average Bonchev–Trinajstić information content (AvgIpc) is 3.02. The van der Waals surface area contributed by atoms with E-state index in [1.165, 1.54) is 36.3 Å². The highest BCUT2D eigenvalue weighted by Gasteiger charge is 2.45. The largest absolute Gasteiger partial charge is 0.507 e. The first-order chi connectivity index (χ1) is 14.5. The van der Waals surface area contributed by atoms with Crippen LogP contribution in [0.2, 0.25) is 0 Å². The molecular formula is C22H20FNO6. The molecule has 1 unspecified atom stereocenters. The number of hydrogen-bond donors (Lipinski definition) is 1. The fourth-order valence-electron chi connectivity index (χ4n) is 3.64. The number of hydrogen-bond acceptors (Lipinski definition) is 6. The first kappa shape index (κ1) is 19.9. The second kappa shape index (κ2) is 8.16. The number of fused-ring (bicyclic) bond motifs is 1. The molecule has 0 bridgehead atoms. The molecule has 0 aliphatic carbocycles. The average molecular weight is 413 g/mol. The third kappa shape index (κ3) is 3.50. The molecule has 2 aromatic carbocycles. The number of nitrogens with zero attached hydrogens (tertiary/aromatic N) is 1. The molecule has 1 saturated heterocycles. The van der Waals surface area contributed by atoms with Gasteiger partial charge in [-0.1, -0.05) is 12.1 Å². The highest BCUT2D eigenvalue weighted by Crippen LogP contribution is 2.40. The summed E-state index contributed by atoms with van der Waals surface area (Å²) in [6.45, 7) is 1.14. The molecule has 1 atom stereocenters. The van der Waals surface area contributed by atoms with E-state index in [1.54, 1.807) is 18.2 Å². The number of ketones is 1. The normalized spacial score (nSPS) is 19.9. The highest BCUT2D eigenvalue weighted by molar-refractivity contribution is 6.46. The van der Waals surface area contributed by atoms with E-state index >= 15 is 0 Å². The van der Waals surface area contributed by atoms with Gasteiger partial charge < -0.3 is 24.2 Å². The summed E-state index contributed by atoms with van der Waals surface area (Å²) in [5.41, 5.74) is 0.751. The van der Waals surface area contributed by atoms with Crippen LogP contribution in [0.15, 0.2) is 48.0 Å². The molecular weight excluding hydrogens is 393 g/mol. The van der Waals surface area contributed by atoms with E-state index in [0.29, 0.717) is 35.8 Å². The quantitative estimate of drug-likeness (QED) is 0.461. The van der Waals surface area contributed by atoms with Crippen molar-refractivity contribution >= 4 is 17.4 Å². The minimum Gasteiger partial charge on any atom is -0.507 e. The minimum absolute atomic E-state index is 0.0700. The van der Waals surface area contributed by atoms with E-state index < -0.39 is 23.5 Å². The molecule has 2 aliphatic rings. The molecule has 1 fully saturated rings. The summed E-state index contributed by atoms with van der Waals surface area (Å²) < 4.78 is 29.5. The van der Waals surface area contributed by atoms with Crippen molar-refractivity contribution in [2.24, 2.45) is 0 Å². The zero-order valence-electron chi connectivity index (χ0n) is 16.3. The molecule has 2 aliphatic heterocycles. The molecule has 1 N–H and O–H groups in total. The Morgan fingerprint density at radius 2 is 1.83 bits per heavy atom. The van der Waals surface area contributed by atoms with E-state index in [0.717, 1.165) is 0 Å². The maximum Gasteiger partial charge on any atom is 0.295 e. The van der Waals surface area contributed by atoms with E-state index in [2.05, 4.69) is 0 Å². The zero-order valence-corrected chi connectivity index (χ0v) is 16.3. The van der Waals surface area contributed by atoms with Gasteiger partial charge in [0.05, 0.1) is 18.2 Å². The molecule has 156 valence electrons. The molecule has 4 rings (SSSR count). The number of halogens is 1. The van der Waals surface area contributed by atoms with Gasteiger partial charge in [-0.15, -0.1) is 0 Å². The first-order valence-electron chi connectivity index (χ1n) is 9.44. The van der Waals surface area contributed by atoms with Gasteiger partial charge in [0.2, 0.25) is 0 Å². The molecule has 1 amide bonds. The van der Waals surface area contributed by atoms with Gasteiger partial charge in [0.15, 0.2) is 11.5 Å². The molecule has 0 radical (unpaired) electrons. The molecule has 30 heavy (non-hydrogen) atoms. The van der Waals surface area contributed by atoms with Gasteiger partial charge in [0, 0.05) is 19.2 Å². The van der Waals surface area contributed by atoms with Gasteiger partial charge in [-0.3, -0.25) is 9.59 Å². The van der Waals surface area contributed by atoms with E-state index in [-0.39, 0.29) is 24.5 Å². The lowest BCUT2D eigenvalue weighted by atomic mass is 9.95. The van der Waals surface area contributed by atoms with Crippen molar-refractivity contribution in [3.63, 3.8) is 0 Å². The number of ether oxygens (including phenoxy) is 3. The summed E-state index contributed by atoms with van der Waals surface area (Å²) in [5.74, 6) is -1.36. The maximum absolute atomic E-state index is 13.5. The van der Waals surface area contributed by atoms with Crippen molar-refractivity contribution in [1.82, 2.24) is 4.90 Å². The van der Waals surface area contributed by atoms with Crippen molar-refractivity contribution in [3.05, 3.63) is 65.0 Å². The number of aliphatic hydroxyl groups excluding tert-OH is 1. The van der Waals surface area contributed by atoms with E-state index in [9.17, 15) is 19.1 Å². The van der Waals surface area contributed by atoms with Crippen LogP contribution < -0.4 is 9.47 Å². The molecule has 8 heteroatoms. The number of carbonyl (C=O) groups excluding carboxylic acids is 2. The van der Waals surface area contributed by atoms with E-state index in [1.807, 2.05) is 0 Å². The lowest BCUT2D eigenvalue weighted by Gasteiger charge is -2.25. The Balaban J connectivity index is 1.82. The Morgan fingerprint density at radius 1 is 1.13 bits per heavy atom.